The lowest BCUT2D eigenvalue weighted by Gasteiger charge is -2.30. The molecule has 3 rings (SSSR count). The van der Waals surface area contributed by atoms with E-state index in [9.17, 15) is 0 Å². The molecule has 1 aliphatic heterocycles. The van der Waals surface area contributed by atoms with Crippen molar-refractivity contribution in [1.29, 1.82) is 0 Å². The lowest BCUT2D eigenvalue weighted by molar-refractivity contribution is 0.179. The van der Waals surface area contributed by atoms with Gasteiger partial charge >= 0.3 is 0 Å². The summed E-state index contributed by atoms with van der Waals surface area (Å²) in [6.07, 6.45) is 5.52. The van der Waals surface area contributed by atoms with E-state index in [-0.39, 0.29) is 0 Å². The van der Waals surface area contributed by atoms with Gasteiger partial charge in [-0.3, -0.25) is 4.90 Å². The number of nitrogens with one attached hydrogen (secondary N) is 1. The third kappa shape index (κ3) is 2.34. The Labute approximate surface area is 120 Å². The van der Waals surface area contributed by atoms with Crippen LogP contribution in [0.4, 0.5) is 0 Å². The Hall–Kier alpha value is -1.39. The second-order valence-corrected chi connectivity index (χ2v) is 6.01. The zero-order valence-electron chi connectivity index (χ0n) is 12.6. The van der Waals surface area contributed by atoms with E-state index in [1.54, 1.807) is 0 Å². The van der Waals surface area contributed by atoms with Crippen molar-refractivity contribution in [2.75, 3.05) is 20.1 Å². The lowest BCUT2D eigenvalue weighted by Crippen LogP contribution is -2.34. The molecule has 0 spiro atoms. The molecular formula is C16H24N4. The van der Waals surface area contributed by atoms with Gasteiger partial charge in [-0.15, -0.1) is 0 Å². The summed E-state index contributed by atoms with van der Waals surface area (Å²) in [6, 6.07) is 7.17. The predicted octanol–water partition coefficient (Wildman–Crippen LogP) is 2.33. The quantitative estimate of drug-likeness (QED) is 0.927. The maximum absolute atomic E-state index is 4.85. The zero-order valence-corrected chi connectivity index (χ0v) is 12.6. The van der Waals surface area contributed by atoms with Gasteiger partial charge in [-0.2, -0.15) is 0 Å². The summed E-state index contributed by atoms with van der Waals surface area (Å²) in [5.74, 6) is 0.646. The topological polar surface area (TPSA) is 32.6 Å². The third-order valence-corrected chi connectivity index (χ3v) is 4.38. The summed E-state index contributed by atoms with van der Waals surface area (Å²) in [5.41, 5.74) is 2.25. The molecule has 1 aliphatic rings. The molecule has 3 heterocycles. The van der Waals surface area contributed by atoms with Crippen LogP contribution in [-0.4, -0.2) is 40.5 Å². The summed E-state index contributed by atoms with van der Waals surface area (Å²) >= 11 is 0. The standard InChI is InChI=1S/C16H24N4/c1-12(2)20-9-7-13(10-17-3)16(20)14-11-19-8-5-4-6-15(19)18-14/h4-6,8,11-13,16-17H,7,9-10H2,1-3H3. The highest BCUT2D eigenvalue weighted by atomic mass is 15.2. The number of hydrogen-bond donors (Lipinski definition) is 1. The number of rotatable bonds is 4. The van der Waals surface area contributed by atoms with E-state index in [0.29, 0.717) is 18.0 Å². The minimum absolute atomic E-state index is 0.433. The van der Waals surface area contributed by atoms with E-state index < -0.39 is 0 Å². The molecule has 0 radical (unpaired) electrons. The molecule has 20 heavy (non-hydrogen) atoms. The largest absolute Gasteiger partial charge is 0.319 e. The molecule has 0 aromatic carbocycles. The highest BCUT2D eigenvalue weighted by Crippen LogP contribution is 2.37. The smallest absolute Gasteiger partial charge is 0.137 e. The van der Waals surface area contributed by atoms with Crippen molar-refractivity contribution >= 4 is 5.65 Å². The van der Waals surface area contributed by atoms with Crippen LogP contribution in [0.2, 0.25) is 0 Å². The molecule has 0 aliphatic carbocycles. The van der Waals surface area contributed by atoms with Crippen LogP contribution in [0, 0.1) is 5.92 Å². The highest BCUT2D eigenvalue weighted by molar-refractivity contribution is 5.40. The van der Waals surface area contributed by atoms with E-state index in [2.05, 4.69) is 53.0 Å². The van der Waals surface area contributed by atoms with E-state index in [4.69, 9.17) is 4.98 Å². The fourth-order valence-corrected chi connectivity index (χ4v) is 3.45. The van der Waals surface area contributed by atoms with E-state index in [0.717, 1.165) is 12.2 Å². The van der Waals surface area contributed by atoms with Crippen molar-refractivity contribution in [3.63, 3.8) is 0 Å². The molecule has 2 aromatic heterocycles. The van der Waals surface area contributed by atoms with Crippen LogP contribution >= 0.6 is 0 Å². The maximum Gasteiger partial charge on any atom is 0.137 e. The van der Waals surface area contributed by atoms with Crippen molar-refractivity contribution in [2.45, 2.75) is 32.4 Å². The number of imidazole rings is 1. The Balaban J connectivity index is 1.97. The van der Waals surface area contributed by atoms with Crippen LogP contribution < -0.4 is 5.32 Å². The first-order chi connectivity index (χ1) is 9.70. The van der Waals surface area contributed by atoms with Gasteiger partial charge < -0.3 is 9.72 Å². The van der Waals surface area contributed by atoms with Gasteiger partial charge in [0.05, 0.1) is 11.7 Å². The summed E-state index contributed by atoms with van der Waals surface area (Å²) < 4.78 is 2.13. The second kappa shape index (κ2) is 5.54. The highest BCUT2D eigenvalue weighted by Gasteiger charge is 2.37. The van der Waals surface area contributed by atoms with Crippen molar-refractivity contribution in [2.24, 2.45) is 5.92 Å². The maximum atomic E-state index is 4.85. The second-order valence-electron chi connectivity index (χ2n) is 6.01. The first-order valence-corrected chi connectivity index (χ1v) is 7.54. The van der Waals surface area contributed by atoms with Gasteiger partial charge in [0, 0.05) is 18.4 Å². The first kappa shape index (κ1) is 13.6. The van der Waals surface area contributed by atoms with Crippen LogP contribution in [0.3, 0.4) is 0 Å². The van der Waals surface area contributed by atoms with Crippen LogP contribution in [0.1, 0.15) is 32.0 Å². The third-order valence-electron chi connectivity index (χ3n) is 4.38. The number of pyridine rings is 1. The Morgan fingerprint density at radius 3 is 2.95 bits per heavy atom. The molecule has 1 saturated heterocycles. The predicted molar refractivity (Wildman–Crippen MR) is 81.8 cm³/mol. The van der Waals surface area contributed by atoms with E-state index in [1.165, 1.54) is 18.7 Å². The summed E-state index contributed by atoms with van der Waals surface area (Å²) in [5, 5.41) is 3.34. The molecule has 2 atom stereocenters. The molecule has 2 unspecified atom stereocenters. The SMILES string of the molecule is CNCC1CCN(C(C)C)C1c1cn2ccccc2n1. The molecule has 108 valence electrons. The fraction of sp³-hybridized carbons (Fsp3) is 0.562. The van der Waals surface area contributed by atoms with Gasteiger partial charge in [0.1, 0.15) is 5.65 Å². The summed E-state index contributed by atoms with van der Waals surface area (Å²) in [4.78, 5) is 7.44. The number of aromatic nitrogens is 2. The molecule has 2 aromatic rings. The Kier molecular flexibility index (Phi) is 3.76. The van der Waals surface area contributed by atoms with Gasteiger partial charge in [0.15, 0.2) is 0 Å². The van der Waals surface area contributed by atoms with Crippen LogP contribution in [0.25, 0.3) is 5.65 Å². The average molecular weight is 272 g/mol. The van der Waals surface area contributed by atoms with Gasteiger partial charge in [0.2, 0.25) is 0 Å². The molecule has 0 amide bonds. The number of likely N-dealkylation sites (tertiary alicyclic amines) is 1. The molecule has 0 saturated carbocycles. The first-order valence-electron chi connectivity index (χ1n) is 7.54. The number of nitrogens with zero attached hydrogens (tertiary/aromatic N) is 3. The molecule has 4 heteroatoms. The minimum atomic E-state index is 0.433. The van der Waals surface area contributed by atoms with Crippen LogP contribution in [0.15, 0.2) is 30.6 Å². The summed E-state index contributed by atoms with van der Waals surface area (Å²) in [6.45, 7) is 6.79. The Morgan fingerprint density at radius 1 is 1.40 bits per heavy atom. The van der Waals surface area contributed by atoms with E-state index >= 15 is 0 Å². The Morgan fingerprint density at radius 2 is 2.25 bits per heavy atom. The molecule has 1 N–H and O–H groups in total. The van der Waals surface area contributed by atoms with Crippen LogP contribution in [-0.2, 0) is 0 Å². The van der Waals surface area contributed by atoms with Crippen molar-refractivity contribution in [3.8, 4) is 0 Å². The zero-order chi connectivity index (χ0) is 14.1. The van der Waals surface area contributed by atoms with Gasteiger partial charge in [-0.05, 0) is 58.5 Å². The normalized spacial score (nSPS) is 24.0. The average Bonchev–Trinajstić information content (AvgIpc) is 3.01. The number of fused-ring (bicyclic) bond motifs is 1. The van der Waals surface area contributed by atoms with Crippen molar-refractivity contribution < 1.29 is 0 Å². The number of hydrogen-bond acceptors (Lipinski definition) is 3. The minimum Gasteiger partial charge on any atom is -0.319 e. The fourth-order valence-electron chi connectivity index (χ4n) is 3.45. The van der Waals surface area contributed by atoms with Gasteiger partial charge in [-0.1, -0.05) is 6.07 Å². The van der Waals surface area contributed by atoms with Gasteiger partial charge in [0.25, 0.3) is 0 Å². The Bertz CT molecular complexity index is 542. The van der Waals surface area contributed by atoms with Gasteiger partial charge in [-0.25, -0.2) is 4.98 Å². The molecule has 4 nitrogen and oxygen atoms in total. The van der Waals surface area contributed by atoms with E-state index in [1.807, 2.05) is 13.1 Å². The molecule has 1 fully saturated rings. The molecular weight excluding hydrogens is 248 g/mol. The van der Waals surface area contributed by atoms with Crippen molar-refractivity contribution in [1.82, 2.24) is 19.6 Å². The monoisotopic (exact) mass is 272 g/mol. The van der Waals surface area contributed by atoms with Crippen molar-refractivity contribution in [3.05, 3.63) is 36.3 Å². The van der Waals surface area contributed by atoms with Crippen LogP contribution in [0.5, 0.6) is 0 Å². The lowest BCUT2D eigenvalue weighted by atomic mass is 9.97. The molecule has 0 bridgehead atoms. The summed E-state index contributed by atoms with van der Waals surface area (Å²) in [7, 11) is 2.04.